The van der Waals surface area contributed by atoms with Gasteiger partial charge in [0.1, 0.15) is 0 Å². The maximum atomic E-state index is 2.25. The quantitative estimate of drug-likeness (QED) is 0.497. The Kier molecular flexibility index (Phi) is 14.3. The van der Waals surface area contributed by atoms with Gasteiger partial charge in [0, 0.05) is 5.75 Å². The largest absolute Gasteiger partial charge is 0.157 e. The Hall–Kier alpha value is -0.430. The molecule has 0 amide bonds. The summed E-state index contributed by atoms with van der Waals surface area (Å²) in [6.07, 6.45) is 8.28. The first-order chi connectivity index (χ1) is 8.85. The lowest BCUT2D eigenvalue weighted by Crippen LogP contribution is -1.80. The van der Waals surface area contributed by atoms with Crippen molar-refractivity contribution in [2.45, 2.75) is 65.0 Å². The molecule has 0 unspecified atom stereocenters. The zero-order valence-corrected chi connectivity index (χ0v) is 13.3. The number of unbranched alkanes of at least 4 members (excludes halogenated alkanes) is 4. The number of thioether (sulfide) groups is 1. The minimum atomic E-state index is 1.16. The van der Waals surface area contributed by atoms with E-state index in [1.54, 1.807) is 0 Å². The third-order valence-corrected chi connectivity index (χ3v) is 3.90. The molecule has 0 N–H and O–H groups in total. The Balaban J connectivity index is 0.000000360. The predicted molar refractivity (Wildman–Crippen MR) is 87.3 cm³/mol. The average molecular weight is 266 g/mol. The number of hydrogen-bond donors (Lipinski definition) is 0. The fourth-order valence-electron chi connectivity index (χ4n) is 1.59. The molecule has 0 fully saturated rings. The molecule has 0 saturated heterocycles. The number of rotatable bonds is 8. The van der Waals surface area contributed by atoms with Crippen LogP contribution >= 0.6 is 11.8 Å². The van der Waals surface area contributed by atoms with Crippen LogP contribution in [0.3, 0.4) is 0 Å². The van der Waals surface area contributed by atoms with E-state index >= 15 is 0 Å². The van der Waals surface area contributed by atoms with E-state index in [1.807, 2.05) is 11.8 Å². The molecule has 1 rings (SSSR count). The van der Waals surface area contributed by atoms with Crippen LogP contribution in [0.25, 0.3) is 0 Å². The second kappa shape index (κ2) is 14.6. The average Bonchev–Trinajstić information content (AvgIpc) is 2.42. The van der Waals surface area contributed by atoms with Gasteiger partial charge in [-0.2, -0.15) is 11.8 Å². The van der Waals surface area contributed by atoms with Crippen molar-refractivity contribution in [3.63, 3.8) is 0 Å². The lowest BCUT2D eigenvalue weighted by Gasteiger charge is -1.98. The predicted octanol–water partition coefficient (Wildman–Crippen LogP) is 6.31. The molecule has 0 aliphatic rings. The fourth-order valence-corrected chi connectivity index (χ4v) is 2.45. The molecule has 0 radical (unpaired) electrons. The van der Waals surface area contributed by atoms with Crippen molar-refractivity contribution in [3.8, 4) is 0 Å². The van der Waals surface area contributed by atoms with E-state index in [0.29, 0.717) is 0 Å². The van der Waals surface area contributed by atoms with E-state index in [4.69, 9.17) is 0 Å². The van der Waals surface area contributed by atoms with E-state index in [-0.39, 0.29) is 0 Å². The van der Waals surface area contributed by atoms with Gasteiger partial charge in [0.15, 0.2) is 0 Å². The Morgan fingerprint density at radius 1 is 0.778 bits per heavy atom. The molecule has 0 nitrogen and oxygen atoms in total. The minimum Gasteiger partial charge on any atom is -0.157 e. The highest BCUT2D eigenvalue weighted by atomic mass is 32.2. The summed E-state index contributed by atoms with van der Waals surface area (Å²) in [4.78, 5) is 0. The molecule has 0 spiro atoms. The van der Waals surface area contributed by atoms with E-state index in [9.17, 15) is 0 Å². The molecule has 1 aromatic rings. The lowest BCUT2D eigenvalue weighted by atomic mass is 10.2. The second-order valence-corrected chi connectivity index (χ2v) is 5.70. The van der Waals surface area contributed by atoms with Crippen LogP contribution in [0.5, 0.6) is 0 Å². The maximum Gasteiger partial charge on any atom is 0.0184 e. The van der Waals surface area contributed by atoms with Crippen molar-refractivity contribution in [2.24, 2.45) is 0 Å². The van der Waals surface area contributed by atoms with E-state index < -0.39 is 0 Å². The van der Waals surface area contributed by atoms with E-state index in [2.05, 4.69) is 51.1 Å². The van der Waals surface area contributed by atoms with Crippen molar-refractivity contribution in [1.29, 1.82) is 0 Å². The second-order valence-electron chi connectivity index (χ2n) is 4.60. The third-order valence-electron chi connectivity index (χ3n) is 2.67. The monoisotopic (exact) mass is 266 g/mol. The summed E-state index contributed by atoms with van der Waals surface area (Å²) in [5.41, 5.74) is 1.44. The summed E-state index contributed by atoms with van der Waals surface area (Å²) in [5.74, 6) is 2.43. The highest BCUT2D eigenvalue weighted by molar-refractivity contribution is 7.98. The molecule has 0 aliphatic heterocycles. The van der Waals surface area contributed by atoms with Crippen molar-refractivity contribution >= 4 is 11.8 Å². The Labute approximate surface area is 119 Å². The Bertz CT molecular complexity index is 239. The molecule has 0 aromatic heterocycles. The highest BCUT2D eigenvalue weighted by Gasteiger charge is 1.89. The van der Waals surface area contributed by atoms with Gasteiger partial charge in [-0.3, -0.25) is 0 Å². The van der Waals surface area contributed by atoms with Gasteiger partial charge >= 0.3 is 0 Å². The zero-order valence-electron chi connectivity index (χ0n) is 12.5. The first kappa shape index (κ1) is 17.6. The van der Waals surface area contributed by atoms with Gasteiger partial charge in [0.05, 0.1) is 0 Å². The molecule has 1 heteroatoms. The summed E-state index contributed by atoms with van der Waals surface area (Å²) in [7, 11) is 0. The first-order valence-electron chi connectivity index (χ1n) is 7.46. The summed E-state index contributed by atoms with van der Waals surface area (Å²) in [5, 5.41) is 0. The van der Waals surface area contributed by atoms with Gasteiger partial charge in [-0.05, 0) is 17.7 Å². The molecular formula is C17H30S. The van der Waals surface area contributed by atoms with Gasteiger partial charge < -0.3 is 0 Å². The number of benzene rings is 1. The fraction of sp³-hybridized carbons (Fsp3) is 0.647. The third kappa shape index (κ3) is 12.0. The minimum absolute atomic E-state index is 1.16. The van der Waals surface area contributed by atoms with Crippen LogP contribution in [-0.4, -0.2) is 5.75 Å². The number of hydrogen-bond acceptors (Lipinski definition) is 1. The SMILES string of the molecule is CCCCCCC.CCCSCc1ccccc1. The molecule has 0 heterocycles. The summed E-state index contributed by atoms with van der Waals surface area (Å²) < 4.78 is 0. The molecular weight excluding hydrogens is 236 g/mol. The first-order valence-corrected chi connectivity index (χ1v) is 8.62. The van der Waals surface area contributed by atoms with E-state index in [0.717, 1.165) is 5.75 Å². The molecule has 0 bridgehead atoms. The molecule has 104 valence electrons. The Morgan fingerprint density at radius 2 is 1.39 bits per heavy atom. The zero-order chi connectivity index (χ0) is 13.5. The van der Waals surface area contributed by atoms with Crippen LogP contribution in [0, 0.1) is 0 Å². The topological polar surface area (TPSA) is 0 Å². The molecule has 1 aromatic carbocycles. The van der Waals surface area contributed by atoms with Gasteiger partial charge in [-0.15, -0.1) is 0 Å². The Morgan fingerprint density at radius 3 is 1.89 bits per heavy atom. The smallest absolute Gasteiger partial charge is 0.0184 e. The van der Waals surface area contributed by atoms with Gasteiger partial charge in [-0.25, -0.2) is 0 Å². The van der Waals surface area contributed by atoms with Crippen LogP contribution in [-0.2, 0) is 5.75 Å². The summed E-state index contributed by atoms with van der Waals surface area (Å²) in [6, 6.07) is 10.6. The lowest BCUT2D eigenvalue weighted by molar-refractivity contribution is 0.656. The van der Waals surface area contributed by atoms with Crippen molar-refractivity contribution < 1.29 is 0 Å². The van der Waals surface area contributed by atoms with Gasteiger partial charge in [-0.1, -0.05) is 83.2 Å². The molecule has 0 aliphatic carbocycles. The summed E-state index contributed by atoms with van der Waals surface area (Å²) >= 11 is 2.01. The van der Waals surface area contributed by atoms with E-state index in [1.165, 1.54) is 49.8 Å². The molecule has 18 heavy (non-hydrogen) atoms. The van der Waals surface area contributed by atoms with Crippen molar-refractivity contribution in [2.75, 3.05) is 5.75 Å². The molecule has 0 atom stereocenters. The van der Waals surface area contributed by atoms with Crippen molar-refractivity contribution in [1.82, 2.24) is 0 Å². The molecule has 0 saturated carbocycles. The van der Waals surface area contributed by atoms with Gasteiger partial charge in [0.2, 0.25) is 0 Å². The van der Waals surface area contributed by atoms with Crippen LogP contribution in [0.15, 0.2) is 30.3 Å². The van der Waals surface area contributed by atoms with Crippen LogP contribution in [0.4, 0.5) is 0 Å². The van der Waals surface area contributed by atoms with Crippen LogP contribution in [0.2, 0.25) is 0 Å². The van der Waals surface area contributed by atoms with Crippen LogP contribution < -0.4 is 0 Å². The van der Waals surface area contributed by atoms with Crippen molar-refractivity contribution in [3.05, 3.63) is 35.9 Å². The van der Waals surface area contributed by atoms with Gasteiger partial charge in [0.25, 0.3) is 0 Å². The van der Waals surface area contributed by atoms with Crippen LogP contribution in [0.1, 0.15) is 64.9 Å². The highest BCUT2D eigenvalue weighted by Crippen LogP contribution is 2.11. The standard InChI is InChI=1S/C10H14S.C7H16/c1-2-8-11-9-10-6-4-3-5-7-10;1-3-5-7-6-4-2/h3-7H,2,8-9H2,1H3;3-7H2,1-2H3. The maximum absolute atomic E-state index is 2.25. The normalized spacial score (nSPS) is 9.72. The summed E-state index contributed by atoms with van der Waals surface area (Å²) in [6.45, 7) is 6.71.